The fraction of sp³-hybridized carbons (Fsp3) is 0.625. The quantitative estimate of drug-likeness (QED) is 0.755. The van der Waals surface area contributed by atoms with Crippen LogP contribution in [0, 0.1) is 37.0 Å². The van der Waals surface area contributed by atoms with Crippen molar-refractivity contribution in [3.05, 3.63) is 29.3 Å². The van der Waals surface area contributed by atoms with Crippen LogP contribution in [-0.2, 0) is 14.4 Å². The van der Waals surface area contributed by atoms with Gasteiger partial charge in [0.25, 0.3) is 0 Å². The summed E-state index contributed by atoms with van der Waals surface area (Å²) in [5.41, 5.74) is 2.51. The highest BCUT2D eigenvalue weighted by Gasteiger charge is 2.54. The van der Waals surface area contributed by atoms with Crippen LogP contribution in [0.3, 0.4) is 0 Å². The lowest BCUT2D eigenvalue weighted by Crippen LogP contribution is -2.54. The predicted octanol–water partition coefficient (Wildman–Crippen LogP) is 3.03. The Kier molecular flexibility index (Phi) is 5.60. The summed E-state index contributed by atoms with van der Waals surface area (Å²) in [7, 11) is 1.60. The van der Waals surface area contributed by atoms with Crippen LogP contribution in [0.15, 0.2) is 18.2 Å². The van der Waals surface area contributed by atoms with E-state index in [0.29, 0.717) is 17.8 Å². The van der Waals surface area contributed by atoms with Crippen LogP contribution in [0.5, 0.6) is 0 Å². The number of hydrogen-bond donors (Lipinski definition) is 2. The molecule has 0 heterocycles. The lowest BCUT2D eigenvalue weighted by Gasteiger charge is -2.55. The highest BCUT2D eigenvalue weighted by Crippen LogP contribution is 2.60. The van der Waals surface area contributed by atoms with E-state index < -0.39 is 0 Å². The van der Waals surface area contributed by atoms with Gasteiger partial charge in [-0.25, -0.2) is 0 Å². The Morgan fingerprint density at radius 3 is 2.07 bits per heavy atom. The maximum absolute atomic E-state index is 13.0. The lowest BCUT2D eigenvalue weighted by atomic mass is 9.49. The Balaban J connectivity index is 1.28. The van der Waals surface area contributed by atoms with Crippen molar-refractivity contribution in [2.45, 2.75) is 52.4 Å². The molecule has 0 radical (unpaired) electrons. The van der Waals surface area contributed by atoms with E-state index in [0.717, 1.165) is 36.1 Å². The Bertz CT molecular complexity index is 808. The molecular weight excluding hydrogens is 378 g/mol. The average molecular weight is 412 g/mol. The summed E-state index contributed by atoms with van der Waals surface area (Å²) in [4.78, 5) is 39.3. The molecule has 162 valence electrons. The molecule has 4 bridgehead atoms. The zero-order valence-electron chi connectivity index (χ0n) is 18.3. The molecule has 4 saturated carbocycles. The molecule has 30 heavy (non-hydrogen) atoms. The van der Waals surface area contributed by atoms with Gasteiger partial charge in [0.05, 0.1) is 13.1 Å². The first-order chi connectivity index (χ1) is 14.3. The molecule has 2 N–H and O–H groups in total. The lowest BCUT2D eigenvalue weighted by molar-refractivity contribution is -0.147. The fourth-order valence-corrected chi connectivity index (χ4v) is 6.36. The van der Waals surface area contributed by atoms with Crippen molar-refractivity contribution in [1.82, 2.24) is 10.2 Å². The van der Waals surface area contributed by atoms with Gasteiger partial charge in [-0.15, -0.1) is 0 Å². The van der Waals surface area contributed by atoms with Crippen LogP contribution in [-0.4, -0.2) is 42.8 Å². The van der Waals surface area contributed by atoms with Gasteiger partial charge in [-0.05, 0) is 81.3 Å². The average Bonchev–Trinajstić information content (AvgIpc) is 2.67. The van der Waals surface area contributed by atoms with E-state index in [1.165, 1.54) is 24.2 Å². The number of para-hydroxylation sites is 1. The van der Waals surface area contributed by atoms with E-state index in [1.54, 1.807) is 7.05 Å². The maximum Gasteiger partial charge on any atom is 0.243 e. The number of amides is 3. The molecule has 6 nitrogen and oxygen atoms in total. The van der Waals surface area contributed by atoms with E-state index in [1.807, 2.05) is 32.0 Å². The third-order valence-electron chi connectivity index (χ3n) is 7.47. The van der Waals surface area contributed by atoms with E-state index in [2.05, 4.69) is 10.6 Å². The third kappa shape index (κ3) is 4.09. The summed E-state index contributed by atoms with van der Waals surface area (Å²) in [6.45, 7) is 3.79. The highest BCUT2D eigenvalue weighted by atomic mass is 16.2. The van der Waals surface area contributed by atoms with Gasteiger partial charge >= 0.3 is 0 Å². The number of hydrogen-bond acceptors (Lipinski definition) is 3. The van der Waals surface area contributed by atoms with E-state index >= 15 is 0 Å². The van der Waals surface area contributed by atoms with Crippen molar-refractivity contribution in [3.63, 3.8) is 0 Å². The molecule has 0 aromatic heterocycles. The summed E-state index contributed by atoms with van der Waals surface area (Å²) < 4.78 is 0. The zero-order chi connectivity index (χ0) is 21.5. The van der Waals surface area contributed by atoms with Gasteiger partial charge < -0.3 is 15.5 Å². The number of carbonyl (C=O) groups excluding carboxylic acids is 3. The second kappa shape index (κ2) is 8.05. The Morgan fingerprint density at radius 1 is 1.00 bits per heavy atom. The van der Waals surface area contributed by atoms with Gasteiger partial charge in [0, 0.05) is 18.2 Å². The van der Waals surface area contributed by atoms with Crippen LogP contribution in [0.1, 0.15) is 49.7 Å². The van der Waals surface area contributed by atoms with Crippen molar-refractivity contribution < 1.29 is 14.4 Å². The predicted molar refractivity (Wildman–Crippen MR) is 116 cm³/mol. The summed E-state index contributed by atoms with van der Waals surface area (Å²) in [5, 5.41) is 5.80. The van der Waals surface area contributed by atoms with Crippen LogP contribution >= 0.6 is 0 Å². The SMILES string of the molecule is Cc1cccc(C)c1NC(=O)CN(C)C(=O)CNC(=O)C12CC3CC(CC(C3)C1)C2. The van der Waals surface area contributed by atoms with E-state index in [-0.39, 0.29) is 36.2 Å². The molecule has 1 aromatic carbocycles. The van der Waals surface area contributed by atoms with Gasteiger partial charge in [0.1, 0.15) is 0 Å². The maximum atomic E-state index is 13.0. The fourth-order valence-electron chi connectivity index (χ4n) is 6.36. The van der Waals surface area contributed by atoms with Gasteiger partial charge in [-0.1, -0.05) is 18.2 Å². The standard InChI is InChI=1S/C24H33N3O3/c1-15-5-4-6-16(2)22(15)26-20(28)14-27(3)21(29)13-25-23(30)24-10-17-7-18(11-24)9-19(8-17)12-24/h4-6,17-19H,7-14H2,1-3H3,(H,25,30)(H,26,28). The minimum Gasteiger partial charge on any atom is -0.347 e. The molecule has 4 fully saturated rings. The molecule has 1 aromatic rings. The number of nitrogens with one attached hydrogen (secondary N) is 2. The molecular formula is C24H33N3O3. The largest absolute Gasteiger partial charge is 0.347 e. The number of carbonyl (C=O) groups is 3. The number of nitrogens with zero attached hydrogens (tertiary/aromatic N) is 1. The summed E-state index contributed by atoms with van der Waals surface area (Å²) in [5.74, 6) is 1.63. The normalized spacial score (nSPS) is 28.8. The van der Waals surface area contributed by atoms with Gasteiger partial charge in [-0.2, -0.15) is 0 Å². The second-order valence-corrected chi connectivity index (χ2v) is 9.95. The first kappa shape index (κ1) is 20.9. The van der Waals surface area contributed by atoms with Crippen molar-refractivity contribution in [1.29, 1.82) is 0 Å². The van der Waals surface area contributed by atoms with Crippen LogP contribution in [0.2, 0.25) is 0 Å². The molecule has 0 atom stereocenters. The second-order valence-electron chi connectivity index (χ2n) is 9.95. The Morgan fingerprint density at radius 2 is 1.53 bits per heavy atom. The van der Waals surface area contributed by atoms with E-state index in [9.17, 15) is 14.4 Å². The molecule has 0 unspecified atom stereocenters. The van der Waals surface area contributed by atoms with Crippen LogP contribution < -0.4 is 10.6 Å². The molecule has 4 aliphatic carbocycles. The summed E-state index contributed by atoms with van der Waals surface area (Å²) in [6, 6.07) is 5.83. The highest BCUT2D eigenvalue weighted by molar-refractivity contribution is 5.96. The monoisotopic (exact) mass is 411 g/mol. The minimum absolute atomic E-state index is 0.0418. The molecule has 4 aliphatic rings. The van der Waals surface area contributed by atoms with Gasteiger partial charge in [0.2, 0.25) is 17.7 Å². The first-order valence-corrected chi connectivity index (χ1v) is 11.1. The third-order valence-corrected chi connectivity index (χ3v) is 7.47. The topological polar surface area (TPSA) is 78.5 Å². The zero-order valence-corrected chi connectivity index (χ0v) is 18.3. The molecule has 0 aliphatic heterocycles. The van der Waals surface area contributed by atoms with Gasteiger partial charge in [-0.3, -0.25) is 14.4 Å². The number of aryl methyl sites for hydroxylation is 2. The van der Waals surface area contributed by atoms with Crippen molar-refractivity contribution in [2.75, 3.05) is 25.5 Å². The number of rotatable bonds is 6. The summed E-state index contributed by atoms with van der Waals surface area (Å²) in [6.07, 6.45) is 6.78. The van der Waals surface area contributed by atoms with Crippen LogP contribution in [0.4, 0.5) is 5.69 Å². The number of likely N-dealkylation sites (N-methyl/N-ethyl adjacent to an activating group) is 1. The van der Waals surface area contributed by atoms with E-state index in [4.69, 9.17) is 0 Å². The molecule has 3 amide bonds. The molecule has 0 spiro atoms. The molecule has 5 rings (SSSR count). The molecule has 0 saturated heterocycles. The smallest absolute Gasteiger partial charge is 0.243 e. The Labute approximate surface area is 178 Å². The summed E-state index contributed by atoms with van der Waals surface area (Å²) >= 11 is 0. The van der Waals surface area contributed by atoms with Crippen molar-refractivity contribution in [3.8, 4) is 0 Å². The van der Waals surface area contributed by atoms with Crippen LogP contribution in [0.25, 0.3) is 0 Å². The van der Waals surface area contributed by atoms with Crippen molar-refractivity contribution >= 4 is 23.4 Å². The molecule has 6 heteroatoms. The Hall–Kier alpha value is -2.37. The van der Waals surface area contributed by atoms with Crippen molar-refractivity contribution in [2.24, 2.45) is 23.2 Å². The first-order valence-electron chi connectivity index (χ1n) is 11.1. The number of anilines is 1. The number of benzene rings is 1. The van der Waals surface area contributed by atoms with Gasteiger partial charge in [0.15, 0.2) is 0 Å². The minimum atomic E-state index is -0.257.